The molecule has 0 heterocycles. The number of hydrogen-bond acceptors (Lipinski definition) is 2. The Morgan fingerprint density at radius 3 is 2.09 bits per heavy atom. The fraction of sp³-hybridized carbons (Fsp3) is 0.677. The number of allylic oxidation sites excluding steroid dienone is 2. The van der Waals surface area contributed by atoms with Crippen molar-refractivity contribution in [1.82, 2.24) is 0 Å². The lowest BCUT2D eigenvalue weighted by Gasteiger charge is -2.26. The summed E-state index contributed by atoms with van der Waals surface area (Å²) in [6.07, 6.45) is 21.4. The van der Waals surface area contributed by atoms with Crippen molar-refractivity contribution in [3.8, 4) is 23.3 Å². The van der Waals surface area contributed by atoms with Crippen LogP contribution in [0, 0.1) is 35.5 Å². The highest BCUT2D eigenvalue weighted by molar-refractivity contribution is 5.31. The molecule has 33 heavy (non-hydrogen) atoms. The molecule has 2 heteroatoms. The van der Waals surface area contributed by atoms with E-state index in [0.717, 1.165) is 49.4 Å². The maximum atomic E-state index is 6.05. The summed E-state index contributed by atoms with van der Waals surface area (Å²) in [5, 5.41) is 0. The molecule has 0 unspecified atom stereocenters. The zero-order valence-corrected chi connectivity index (χ0v) is 21.2. The lowest BCUT2D eigenvalue weighted by molar-refractivity contribution is 0.196. The van der Waals surface area contributed by atoms with Crippen LogP contribution in [0.4, 0.5) is 0 Å². The van der Waals surface area contributed by atoms with Crippen LogP contribution in [0.5, 0.6) is 11.5 Å². The van der Waals surface area contributed by atoms with Crippen LogP contribution in [0.3, 0.4) is 0 Å². The minimum Gasteiger partial charge on any atom is -0.494 e. The molecule has 2 aliphatic carbocycles. The molecule has 2 saturated carbocycles. The minimum absolute atomic E-state index is 0.565. The van der Waals surface area contributed by atoms with Crippen LogP contribution in [0.15, 0.2) is 36.4 Å². The second-order valence-corrected chi connectivity index (χ2v) is 10.3. The van der Waals surface area contributed by atoms with Gasteiger partial charge in [-0.1, -0.05) is 57.4 Å². The van der Waals surface area contributed by atoms with Crippen molar-refractivity contribution in [3.05, 3.63) is 36.4 Å². The molecule has 2 nitrogen and oxygen atoms in total. The molecule has 2 aliphatic rings. The Morgan fingerprint density at radius 2 is 1.42 bits per heavy atom. The molecule has 3 rings (SSSR count). The third-order valence-electron chi connectivity index (χ3n) is 7.52. The SMILES string of the molecule is CCCCOc1ccc(OCC2CCC(C#CC=CC3CCC(CCCC)CC3)CC2)cc1. The average Bonchev–Trinajstić information content (AvgIpc) is 2.86. The number of benzene rings is 1. The fourth-order valence-corrected chi connectivity index (χ4v) is 5.17. The third kappa shape index (κ3) is 9.87. The Morgan fingerprint density at radius 1 is 0.788 bits per heavy atom. The molecule has 0 spiro atoms. The van der Waals surface area contributed by atoms with Gasteiger partial charge < -0.3 is 9.47 Å². The van der Waals surface area contributed by atoms with E-state index in [1.165, 1.54) is 70.6 Å². The Kier molecular flexibility index (Phi) is 11.8. The van der Waals surface area contributed by atoms with Crippen molar-refractivity contribution in [1.29, 1.82) is 0 Å². The van der Waals surface area contributed by atoms with E-state index in [1.807, 2.05) is 24.3 Å². The van der Waals surface area contributed by atoms with Crippen LogP contribution in [0.2, 0.25) is 0 Å². The van der Waals surface area contributed by atoms with Crippen LogP contribution in [0.25, 0.3) is 0 Å². The van der Waals surface area contributed by atoms with Gasteiger partial charge in [-0.3, -0.25) is 0 Å². The average molecular weight is 451 g/mol. The van der Waals surface area contributed by atoms with E-state index in [-0.39, 0.29) is 0 Å². The molecule has 0 saturated heterocycles. The van der Waals surface area contributed by atoms with E-state index < -0.39 is 0 Å². The minimum atomic E-state index is 0.565. The van der Waals surface area contributed by atoms with E-state index in [4.69, 9.17) is 9.47 Å². The number of hydrogen-bond donors (Lipinski definition) is 0. The molecule has 0 bridgehead atoms. The maximum absolute atomic E-state index is 6.05. The first-order chi connectivity index (χ1) is 16.3. The summed E-state index contributed by atoms with van der Waals surface area (Å²) in [6.45, 7) is 6.09. The molecular weight excluding hydrogens is 404 g/mol. The topological polar surface area (TPSA) is 18.5 Å². The quantitative estimate of drug-likeness (QED) is 0.248. The second kappa shape index (κ2) is 15.1. The summed E-state index contributed by atoms with van der Waals surface area (Å²) in [4.78, 5) is 0. The highest BCUT2D eigenvalue weighted by Gasteiger charge is 2.21. The lowest BCUT2D eigenvalue weighted by atomic mass is 9.80. The summed E-state index contributed by atoms with van der Waals surface area (Å²) in [5.41, 5.74) is 0. The molecule has 0 radical (unpaired) electrons. The molecule has 182 valence electrons. The first-order valence-corrected chi connectivity index (χ1v) is 13.8. The van der Waals surface area contributed by atoms with Crippen LogP contribution < -0.4 is 9.47 Å². The largest absolute Gasteiger partial charge is 0.494 e. The van der Waals surface area contributed by atoms with Gasteiger partial charge in [0.25, 0.3) is 0 Å². The molecule has 0 N–H and O–H groups in total. The van der Waals surface area contributed by atoms with Gasteiger partial charge in [0.05, 0.1) is 13.2 Å². The van der Waals surface area contributed by atoms with E-state index in [1.54, 1.807) is 0 Å². The van der Waals surface area contributed by atoms with Crippen molar-refractivity contribution in [2.45, 2.75) is 97.3 Å². The first-order valence-electron chi connectivity index (χ1n) is 13.8. The van der Waals surface area contributed by atoms with Gasteiger partial charge in [0.2, 0.25) is 0 Å². The molecular formula is C31H46O2. The van der Waals surface area contributed by atoms with Gasteiger partial charge in [0.15, 0.2) is 0 Å². The Hall–Kier alpha value is -1.88. The highest BCUT2D eigenvalue weighted by atomic mass is 16.5. The first kappa shape index (κ1) is 25.7. The number of rotatable bonds is 11. The van der Waals surface area contributed by atoms with Crippen LogP contribution in [-0.4, -0.2) is 13.2 Å². The summed E-state index contributed by atoms with van der Waals surface area (Å²) in [6, 6.07) is 8.09. The summed E-state index contributed by atoms with van der Waals surface area (Å²) >= 11 is 0. The Bertz CT molecular complexity index is 722. The van der Waals surface area contributed by atoms with Crippen molar-refractivity contribution in [3.63, 3.8) is 0 Å². The van der Waals surface area contributed by atoms with Gasteiger partial charge in [-0.15, -0.1) is 0 Å². The van der Waals surface area contributed by atoms with Crippen LogP contribution in [-0.2, 0) is 0 Å². The molecule has 0 atom stereocenters. The van der Waals surface area contributed by atoms with Gasteiger partial charge in [0.1, 0.15) is 11.5 Å². The number of ether oxygens (including phenoxy) is 2. The summed E-state index contributed by atoms with van der Waals surface area (Å²) in [7, 11) is 0. The van der Waals surface area contributed by atoms with Gasteiger partial charge in [-0.25, -0.2) is 0 Å². The van der Waals surface area contributed by atoms with Crippen molar-refractivity contribution in [2.75, 3.05) is 13.2 Å². The predicted molar refractivity (Wildman–Crippen MR) is 140 cm³/mol. The van der Waals surface area contributed by atoms with Gasteiger partial charge >= 0.3 is 0 Å². The standard InChI is InChI=1S/C31H46O2/c1-3-5-9-26-12-14-27(15-13-26)10-7-8-11-28-16-18-29(19-17-28)25-33-31-22-20-30(21-23-31)32-24-6-4-2/h7,10,20-23,26-29H,3-6,9,12-19,24-25H2,1-2H3. The smallest absolute Gasteiger partial charge is 0.119 e. The summed E-state index contributed by atoms with van der Waals surface area (Å²) < 4.78 is 11.8. The van der Waals surface area contributed by atoms with Gasteiger partial charge in [-0.05, 0) is 106 Å². The van der Waals surface area contributed by atoms with Crippen molar-refractivity contribution >= 4 is 0 Å². The number of unbranched alkanes of at least 4 members (excludes halogenated alkanes) is 2. The highest BCUT2D eigenvalue weighted by Crippen LogP contribution is 2.32. The Balaban J connectivity index is 1.28. The molecule has 1 aromatic rings. The fourth-order valence-electron chi connectivity index (χ4n) is 5.17. The zero-order valence-electron chi connectivity index (χ0n) is 21.2. The van der Waals surface area contributed by atoms with Gasteiger partial charge in [-0.2, -0.15) is 0 Å². The van der Waals surface area contributed by atoms with Crippen molar-refractivity contribution < 1.29 is 9.47 Å². The van der Waals surface area contributed by atoms with Gasteiger partial charge in [0, 0.05) is 5.92 Å². The molecule has 2 fully saturated rings. The van der Waals surface area contributed by atoms with Crippen molar-refractivity contribution in [2.24, 2.45) is 23.7 Å². The molecule has 0 aliphatic heterocycles. The van der Waals surface area contributed by atoms with Crippen LogP contribution in [0.1, 0.15) is 97.3 Å². The van der Waals surface area contributed by atoms with E-state index in [2.05, 4.69) is 37.8 Å². The summed E-state index contributed by atoms with van der Waals surface area (Å²) in [5.74, 6) is 11.8. The van der Waals surface area contributed by atoms with E-state index in [9.17, 15) is 0 Å². The van der Waals surface area contributed by atoms with Crippen LogP contribution >= 0.6 is 0 Å². The van der Waals surface area contributed by atoms with E-state index in [0.29, 0.717) is 11.8 Å². The zero-order chi connectivity index (χ0) is 23.1. The molecule has 0 aromatic heterocycles. The predicted octanol–water partition coefficient (Wildman–Crippen LogP) is 8.61. The monoisotopic (exact) mass is 450 g/mol. The maximum Gasteiger partial charge on any atom is 0.119 e. The molecule has 0 amide bonds. The lowest BCUT2D eigenvalue weighted by Crippen LogP contribution is -2.19. The third-order valence-corrected chi connectivity index (χ3v) is 7.52. The second-order valence-electron chi connectivity index (χ2n) is 10.3. The normalized spacial score (nSPS) is 25.4. The molecule has 1 aromatic carbocycles. The Labute approximate surface area is 203 Å². The van der Waals surface area contributed by atoms with E-state index >= 15 is 0 Å².